The van der Waals surface area contributed by atoms with Crippen LogP contribution in [0.5, 0.6) is 5.75 Å². The van der Waals surface area contributed by atoms with Gasteiger partial charge in [0.2, 0.25) is 0 Å². The van der Waals surface area contributed by atoms with Crippen LogP contribution in [0.25, 0.3) is 6.08 Å². The average molecular weight is 751 g/mol. The second-order valence-electron chi connectivity index (χ2n) is 7.16. The van der Waals surface area contributed by atoms with E-state index >= 15 is 0 Å². The number of carboxylic acids is 1. The predicted octanol–water partition coefficient (Wildman–Crippen LogP) is 7.37. The van der Waals surface area contributed by atoms with Crippen molar-refractivity contribution >= 4 is 109 Å². The number of amidine groups is 1. The Morgan fingerprint density at radius 1 is 1.11 bits per heavy atom. The number of aliphatic imine (C=N–C) groups is 1. The number of amides is 1. The van der Waals surface area contributed by atoms with E-state index in [1.54, 1.807) is 48.5 Å². The van der Waals surface area contributed by atoms with Crippen molar-refractivity contribution in [2.45, 2.75) is 6.61 Å². The molecule has 1 fully saturated rings. The van der Waals surface area contributed by atoms with Crippen LogP contribution in [0.1, 0.15) is 21.5 Å². The summed E-state index contributed by atoms with van der Waals surface area (Å²) in [5.74, 6) is -0.494. The van der Waals surface area contributed by atoms with Gasteiger partial charge in [-0.1, -0.05) is 41.4 Å². The molecule has 3 aromatic rings. The third-order valence-electron chi connectivity index (χ3n) is 4.71. The highest BCUT2D eigenvalue weighted by atomic mass is 127. The Labute approximate surface area is 242 Å². The minimum absolute atomic E-state index is 0.230. The highest BCUT2D eigenvalue weighted by Gasteiger charge is 2.24. The van der Waals surface area contributed by atoms with Gasteiger partial charge in [0, 0.05) is 0 Å². The molecule has 1 aliphatic heterocycles. The Balaban J connectivity index is 1.49. The van der Waals surface area contributed by atoms with E-state index in [9.17, 15) is 9.59 Å². The Morgan fingerprint density at radius 3 is 2.46 bits per heavy atom. The molecule has 0 spiro atoms. The molecule has 1 saturated heterocycles. The van der Waals surface area contributed by atoms with Gasteiger partial charge in [0.1, 0.15) is 12.4 Å². The number of carbonyl (C=O) groups excluding carboxylic acids is 1. The molecular weight excluding hydrogens is 737 g/mol. The standard InChI is InChI=1S/C24H14Cl2I2N2O4S/c25-15-2-1-3-18(20(15)26)29-24-30-22(31)19(35-24)10-13-8-16(27)21(17(28)9-13)34-11-12-4-6-14(7-5-12)23(32)33/h1-10H,11H2,(H,32,33)(H,29,30,31)/b19-10-. The molecule has 1 amide bonds. The van der Waals surface area contributed by atoms with Crippen molar-refractivity contribution in [1.82, 2.24) is 5.32 Å². The normalized spacial score (nSPS) is 15.5. The van der Waals surface area contributed by atoms with Gasteiger partial charge in [-0.15, -0.1) is 0 Å². The Hall–Kier alpha value is -1.80. The molecule has 2 N–H and O–H groups in total. The molecule has 178 valence electrons. The molecule has 0 atom stereocenters. The number of aromatic carboxylic acids is 1. The SMILES string of the molecule is O=C1NC(=Nc2cccc(Cl)c2Cl)S/C1=C\c1cc(I)c(OCc2ccc(C(=O)O)cc2)c(I)c1. The van der Waals surface area contributed by atoms with E-state index in [4.69, 9.17) is 33.0 Å². The summed E-state index contributed by atoms with van der Waals surface area (Å²) < 4.78 is 7.76. The molecule has 11 heteroatoms. The van der Waals surface area contributed by atoms with Crippen molar-refractivity contribution < 1.29 is 19.4 Å². The lowest BCUT2D eigenvalue weighted by Gasteiger charge is -2.12. The largest absolute Gasteiger partial charge is 0.487 e. The van der Waals surface area contributed by atoms with E-state index in [0.717, 1.165) is 24.0 Å². The first-order chi connectivity index (χ1) is 16.7. The molecule has 3 aromatic carbocycles. The maximum atomic E-state index is 12.5. The summed E-state index contributed by atoms with van der Waals surface area (Å²) in [6.45, 7) is 0.302. The van der Waals surface area contributed by atoms with Gasteiger partial charge in [-0.25, -0.2) is 9.79 Å². The number of nitrogens with zero attached hydrogens (tertiary/aromatic N) is 1. The van der Waals surface area contributed by atoms with Crippen molar-refractivity contribution in [1.29, 1.82) is 0 Å². The number of ether oxygens (including phenoxy) is 1. The van der Waals surface area contributed by atoms with Crippen molar-refractivity contribution in [3.05, 3.63) is 93.4 Å². The molecular formula is C24H14Cl2I2N2O4S. The molecule has 0 aromatic heterocycles. The maximum Gasteiger partial charge on any atom is 0.335 e. The van der Waals surface area contributed by atoms with Gasteiger partial charge in [-0.3, -0.25) is 4.79 Å². The number of carbonyl (C=O) groups is 2. The summed E-state index contributed by atoms with van der Waals surface area (Å²) in [6.07, 6.45) is 1.79. The predicted molar refractivity (Wildman–Crippen MR) is 157 cm³/mol. The number of benzene rings is 3. The number of hydrogen-bond acceptors (Lipinski definition) is 5. The Bertz CT molecular complexity index is 1370. The van der Waals surface area contributed by atoms with Crippen LogP contribution in [0.2, 0.25) is 10.0 Å². The molecule has 6 nitrogen and oxygen atoms in total. The Morgan fingerprint density at radius 2 is 1.80 bits per heavy atom. The summed E-state index contributed by atoms with van der Waals surface area (Å²) in [7, 11) is 0. The van der Waals surface area contributed by atoms with E-state index in [-0.39, 0.29) is 11.5 Å². The molecule has 1 heterocycles. The first-order valence-corrected chi connectivity index (χ1v) is 13.6. The van der Waals surface area contributed by atoms with Crippen LogP contribution in [0.3, 0.4) is 0 Å². The lowest BCUT2D eigenvalue weighted by Crippen LogP contribution is -2.19. The number of thioether (sulfide) groups is 1. The van der Waals surface area contributed by atoms with Crippen molar-refractivity contribution in [3.8, 4) is 5.75 Å². The zero-order chi connectivity index (χ0) is 25.1. The van der Waals surface area contributed by atoms with E-state index < -0.39 is 5.97 Å². The minimum Gasteiger partial charge on any atom is -0.487 e. The number of halogens is 4. The molecule has 1 aliphatic rings. The molecule has 0 aliphatic carbocycles. The van der Waals surface area contributed by atoms with Gasteiger partial charge in [0.15, 0.2) is 5.17 Å². The zero-order valence-electron chi connectivity index (χ0n) is 17.5. The van der Waals surface area contributed by atoms with Crippen LogP contribution in [0.4, 0.5) is 5.69 Å². The summed E-state index contributed by atoms with van der Waals surface area (Å²) in [5, 5.41) is 12.9. The smallest absolute Gasteiger partial charge is 0.335 e. The monoisotopic (exact) mass is 750 g/mol. The highest BCUT2D eigenvalue weighted by Crippen LogP contribution is 2.35. The summed E-state index contributed by atoms with van der Waals surface area (Å²) in [4.78, 5) is 28.4. The fraction of sp³-hybridized carbons (Fsp3) is 0.0417. The van der Waals surface area contributed by atoms with Gasteiger partial charge in [0.25, 0.3) is 5.91 Å². The number of hydrogen-bond donors (Lipinski definition) is 2. The van der Waals surface area contributed by atoms with Crippen LogP contribution in [0.15, 0.2) is 64.5 Å². The maximum absolute atomic E-state index is 12.5. The fourth-order valence-corrected chi connectivity index (χ4v) is 6.32. The average Bonchev–Trinajstić information content (AvgIpc) is 3.15. The lowest BCUT2D eigenvalue weighted by atomic mass is 10.1. The van der Waals surface area contributed by atoms with Crippen molar-refractivity contribution in [3.63, 3.8) is 0 Å². The van der Waals surface area contributed by atoms with Gasteiger partial charge >= 0.3 is 5.97 Å². The van der Waals surface area contributed by atoms with E-state index in [1.807, 2.05) is 12.1 Å². The first-order valence-electron chi connectivity index (χ1n) is 9.89. The van der Waals surface area contributed by atoms with E-state index in [1.165, 1.54) is 11.8 Å². The minimum atomic E-state index is -0.966. The third-order valence-corrected chi connectivity index (χ3v) is 8.03. The van der Waals surface area contributed by atoms with E-state index in [0.29, 0.717) is 32.4 Å². The van der Waals surface area contributed by atoms with Crippen LogP contribution in [-0.4, -0.2) is 22.2 Å². The van der Waals surface area contributed by atoms with Crippen molar-refractivity contribution in [2.75, 3.05) is 0 Å². The molecule has 0 unspecified atom stereocenters. The first kappa shape index (κ1) is 26.3. The highest BCUT2D eigenvalue weighted by molar-refractivity contribution is 14.1. The molecule has 0 bridgehead atoms. The molecule has 35 heavy (non-hydrogen) atoms. The number of nitrogens with one attached hydrogen (secondary N) is 1. The second kappa shape index (κ2) is 11.5. The van der Waals surface area contributed by atoms with Gasteiger partial charge in [-0.2, -0.15) is 0 Å². The van der Waals surface area contributed by atoms with Gasteiger partial charge < -0.3 is 15.2 Å². The molecule has 0 saturated carbocycles. The topological polar surface area (TPSA) is 88.0 Å². The quantitative estimate of drug-likeness (QED) is 0.203. The van der Waals surface area contributed by atoms with Gasteiger partial charge in [0.05, 0.1) is 33.3 Å². The number of carboxylic acid groups (broad SMARTS) is 1. The van der Waals surface area contributed by atoms with Crippen molar-refractivity contribution in [2.24, 2.45) is 4.99 Å². The van der Waals surface area contributed by atoms with Gasteiger partial charge in [-0.05, 0) is 111 Å². The van der Waals surface area contributed by atoms with Crippen LogP contribution >= 0.6 is 80.1 Å². The lowest BCUT2D eigenvalue weighted by molar-refractivity contribution is -0.115. The molecule has 0 radical (unpaired) electrons. The summed E-state index contributed by atoms with van der Waals surface area (Å²) in [5.41, 5.74) is 2.41. The zero-order valence-corrected chi connectivity index (χ0v) is 24.2. The number of rotatable bonds is 6. The third kappa shape index (κ3) is 6.50. The fourth-order valence-electron chi connectivity index (χ4n) is 3.02. The van der Waals surface area contributed by atoms with Crippen LogP contribution in [-0.2, 0) is 11.4 Å². The Kier molecular flexibility index (Phi) is 8.63. The van der Waals surface area contributed by atoms with E-state index in [2.05, 4.69) is 55.5 Å². The molecule has 4 rings (SSSR count). The van der Waals surface area contributed by atoms with Crippen LogP contribution in [0, 0.1) is 7.14 Å². The second-order valence-corrected chi connectivity index (χ2v) is 11.3. The van der Waals surface area contributed by atoms with Crippen LogP contribution < -0.4 is 10.1 Å². The summed E-state index contributed by atoms with van der Waals surface area (Å²) in [6, 6.07) is 15.5. The summed E-state index contributed by atoms with van der Waals surface area (Å²) >= 11 is 17.8.